The number of ether oxygens (including phenoxy) is 2. The van der Waals surface area contributed by atoms with Crippen LogP contribution in [0.25, 0.3) is 10.9 Å². The van der Waals surface area contributed by atoms with Gasteiger partial charge in [-0.25, -0.2) is 4.79 Å². The van der Waals surface area contributed by atoms with Crippen LogP contribution in [0.3, 0.4) is 0 Å². The molecular formula is C23H26ClN3O5. The van der Waals surface area contributed by atoms with Crippen molar-refractivity contribution in [1.29, 1.82) is 0 Å². The van der Waals surface area contributed by atoms with Crippen molar-refractivity contribution in [1.82, 2.24) is 14.9 Å². The predicted molar refractivity (Wildman–Crippen MR) is 124 cm³/mol. The number of aromatic amines is 1. The summed E-state index contributed by atoms with van der Waals surface area (Å²) in [5, 5.41) is 3.90. The van der Waals surface area contributed by atoms with Crippen LogP contribution in [0.5, 0.6) is 11.5 Å². The number of unbranched alkanes of at least 4 members (excludes halogenated alkanes) is 1. The van der Waals surface area contributed by atoms with Crippen LogP contribution in [0.1, 0.15) is 24.8 Å². The Morgan fingerprint density at radius 3 is 2.44 bits per heavy atom. The molecule has 0 saturated heterocycles. The van der Waals surface area contributed by atoms with Gasteiger partial charge in [-0.05, 0) is 43.0 Å². The van der Waals surface area contributed by atoms with Crippen LogP contribution in [0.2, 0.25) is 5.02 Å². The van der Waals surface area contributed by atoms with Crippen molar-refractivity contribution in [2.75, 3.05) is 20.8 Å². The van der Waals surface area contributed by atoms with E-state index in [1.165, 1.54) is 14.2 Å². The summed E-state index contributed by atoms with van der Waals surface area (Å²) in [5.41, 5.74) is 0.576. The van der Waals surface area contributed by atoms with Gasteiger partial charge in [0.25, 0.3) is 5.56 Å². The number of nitrogens with zero attached hydrogens (tertiary/aromatic N) is 1. The number of hydrogen-bond donors (Lipinski definition) is 2. The van der Waals surface area contributed by atoms with Gasteiger partial charge in [-0.15, -0.1) is 0 Å². The molecule has 0 atom stereocenters. The van der Waals surface area contributed by atoms with Crippen LogP contribution in [0.4, 0.5) is 0 Å². The number of benzene rings is 2. The second-order valence-electron chi connectivity index (χ2n) is 7.32. The quantitative estimate of drug-likeness (QED) is 0.454. The van der Waals surface area contributed by atoms with Crippen molar-refractivity contribution in [3.8, 4) is 11.5 Å². The number of aromatic nitrogens is 2. The molecule has 0 aliphatic heterocycles. The zero-order chi connectivity index (χ0) is 23.1. The summed E-state index contributed by atoms with van der Waals surface area (Å²) in [6.07, 6.45) is 2.12. The molecule has 3 rings (SSSR count). The Morgan fingerprint density at radius 2 is 1.75 bits per heavy atom. The van der Waals surface area contributed by atoms with Crippen LogP contribution >= 0.6 is 11.6 Å². The van der Waals surface area contributed by atoms with E-state index in [0.717, 1.165) is 16.6 Å². The number of rotatable bonds is 10. The van der Waals surface area contributed by atoms with Gasteiger partial charge in [0, 0.05) is 30.6 Å². The highest BCUT2D eigenvalue weighted by molar-refractivity contribution is 6.30. The lowest BCUT2D eigenvalue weighted by Crippen LogP contribution is -2.35. The summed E-state index contributed by atoms with van der Waals surface area (Å²) >= 11 is 5.86. The van der Waals surface area contributed by atoms with Crippen molar-refractivity contribution in [3.05, 3.63) is 67.8 Å². The normalized spacial score (nSPS) is 10.8. The molecule has 2 aromatic carbocycles. The molecule has 0 fully saturated rings. The summed E-state index contributed by atoms with van der Waals surface area (Å²) in [6.45, 7) is 0.756. The van der Waals surface area contributed by atoms with Gasteiger partial charge in [-0.1, -0.05) is 23.7 Å². The largest absolute Gasteiger partial charge is 0.493 e. The first-order valence-corrected chi connectivity index (χ1v) is 10.7. The van der Waals surface area contributed by atoms with Crippen molar-refractivity contribution >= 4 is 28.4 Å². The molecule has 0 radical (unpaired) electrons. The molecule has 0 aliphatic rings. The zero-order valence-electron chi connectivity index (χ0n) is 18.1. The maximum absolute atomic E-state index is 12.8. The minimum Gasteiger partial charge on any atom is -0.493 e. The Labute approximate surface area is 190 Å². The minimum atomic E-state index is -0.498. The van der Waals surface area contributed by atoms with Gasteiger partial charge in [-0.2, -0.15) is 0 Å². The summed E-state index contributed by atoms with van der Waals surface area (Å²) in [6, 6.07) is 10.6. The van der Waals surface area contributed by atoms with Crippen LogP contribution in [-0.2, 0) is 17.8 Å². The topological polar surface area (TPSA) is 102 Å². The lowest BCUT2D eigenvalue weighted by molar-refractivity contribution is -0.121. The molecule has 170 valence electrons. The Kier molecular flexibility index (Phi) is 7.94. The number of methoxy groups -OCH3 is 2. The molecule has 8 nitrogen and oxygen atoms in total. The molecule has 0 aliphatic carbocycles. The van der Waals surface area contributed by atoms with E-state index < -0.39 is 11.2 Å². The van der Waals surface area contributed by atoms with E-state index >= 15 is 0 Å². The third-order valence-electron chi connectivity index (χ3n) is 5.17. The van der Waals surface area contributed by atoms with Gasteiger partial charge in [0.2, 0.25) is 5.91 Å². The molecule has 0 spiro atoms. The van der Waals surface area contributed by atoms with E-state index in [1.807, 2.05) is 24.3 Å². The molecule has 1 amide bonds. The van der Waals surface area contributed by atoms with Crippen LogP contribution < -0.4 is 26.0 Å². The van der Waals surface area contributed by atoms with E-state index in [9.17, 15) is 14.4 Å². The third kappa shape index (κ3) is 5.70. The first-order valence-electron chi connectivity index (χ1n) is 10.3. The van der Waals surface area contributed by atoms with Gasteiger partial charge in [0.1, 0.15) is 0 Å². The molecular weight excluding hydrogens is 434 g/mol. The van der Waals surface area contributed by atoms with E-state index in [1.54, 1.807) is 12.1 Å². The summed E-state index contributed by atoms with van der Waals surface area (Å²) < 4.78 is 11.6. The highest BCUT2D eigenvalue weighted by Gasteiger charge is 2.13. The Hall–Kier alpha value is -3.26. The Bertz CT molecular complexity index is 1200. The third-order valence-corrected chi connectivity index (χ3v) is 5.42. The van der Waals surface area contributed by atoms with Crippen molar-refractivity contribution < 1.29 is 14.3 Å². The Morgan fingerprint density at radius 1 is 1.06 bits per heavy atom. The molecule has 0 bridgehead atoms. The molecule has 2 N–H and O–H groups in total. The molecule has 3 aromatic rings. The molecule has 1 heterocycles. The number of H-pyrrole nitrogens is 1. The maximum atomic E-state index is 12.8. The van der Waals surface area contributed by atoms with Gasteiger partial charge in [-0.3, -0.25) is 14.2 Å². The monoisotopic (exact) mass is 459 g/mol. The second-order valence-corrected chi connectivity index (χ2v) is 7.76. The number of hydrogen-bond acceptors (Lipinski definition) is 5. The lowest BCUT2D eigenvalue weighted by Gasteiger charge is -2.11. The summed E-state index contributed by atoms with van der Waals surface area (Å²) in [4.78, 5) is 39.9. The number of carbonyl (C=O) groups is 1. The number of nitrogens with one attached hydrogen (secondary N) is 2. The second kappa shape index (κ2) is 10.9. The van der Waals surface area contributed by atoms with Crippen LogP contribution in [0, 0.1) is 0 Å². The zero-order valence-corrected chi connectivity index (χ0v) is 18.8. The van der Waals surface area contributed by atoms with Gasteiger partial charge < -0.3 is 19.8 Å². The number of amides is 1. The average Bonchev–Trinajstić information content (AvgIpc) is 2.79. The fraction of sp³-hybridized carbons (Fsp3) is 0.348. The van der Waals surface area contributed by atoms with Crippen molar-refractivity contribution in [3.63, 3.8) is 0 Å². The summed E-state index contributed by atoms with van der Waals surface area (Å²) in [7, 11) is 2.96. The smallest absolute Gasteiger partial charge is 0.328 e. The molecule has 0 saturated carbocycles. The van der Waals surface area contributed by atoms with Gasteiger partial charge in [0.05, 0.1) is 25.1 Å². The SMILES string of the molecule is COc1cc2[nH]c(=O)n(CCCCC(=O)NCCc3ccc(Cl)cc3)c(=O)c2cc1OC. The number of carbonyl (C=O) groups excluding carboxylic acids is 1. The van der Waals surface area contributed by atoms with Crippen molar-refractivity contribution in [2.24, 2.45) is 0 Å². The van der Waals surface area contributed by atoms with E-state index in [0.29, 0.717) is 53.2 Å². The number of fused-ring (bicyclic) bond motifs is 1. The average molecular weight is 460 g/mol. The van der Waals surface area contributed by atoms with Gasteiger partial charge in [0.15, 0.2) is 11.5 Å². The van der Waals surface area contributed by atoms with Crippen LogP contribution in [0.15, 0.2) is 46.0 Å². The van der Waals surface area contributed by atoms with E-state index in [4.69, 9.17) is 21.1 Å². The first-order chi connectivity index (χ1) is 15.4. The lowest BCUT2D eigenvalue weighted by atomic mass is 10.1. The Balaban J connectivity index is 1.53. The number of halogens is 1. The highest BCUT2D eigenvalue weighted by Crippen LogP contribution is 2.29. The molecule has 9 heteroatoms. The summed E-state index contributed by atoms with van der Waals surface area (Å²) in [5.74, 6) is 0.774. The highest BCUT2D eigenvalue weighted by atomic mass is 35.5. The van der Waals surface area contributed by atoms with Crippen LogP contribution in [-0.4, -0.2) is 36.2 Å². The molecule has 32 heavy (non-hydrogen) atoms. The fourth-order valence-corrected chi connectivity index (χ4v) is 3.55. The fourth-order valence-electron chi connectivity index (χ4n) is 3.42. The minimum absolute atomic E-state index is 0.0597. The molecule has 1 aromatic heterocycles. The first kappa shape index (κ1) is 23.4. The molecule has 0 unspecified atom stereocenters. The predicted octanol–water partition coefficient (Wildman–Crippen LogP) is 2.89. The van der Waals surface area contributed by atoms with Crippen molar-refractivity contribution in [2.45, 2.75) is 32.2 Å². The van der Waals surface area contributed by atoms with E-state index in [-0.39, 0.29) is 12.5 Å². The van der Waals surface area contributed by atoms with Gasteiger partial charge >= 0.3 is 5.69 Å². The van der Waals surface area contributed by atoms with E-state index in [2.05, 4.69) is 10.3 Å². The standard InChI is InChI=1S/C23H26ClN3O5/c1-31-19-13-17-18(14-20(19)32-2)26-23(30)27(22(17)29)12-4-3-5-21(28)25-11-10-15-6-8-16(24)9-7-15/h6-9,13-14H,3-5,10-12H2,1-2H3,(H,25,28)(H,26,30). The maximum Gasteiger partial charge on any atom is 0.328 e.